The van der Waals surface area contributed by atoms with E-state index in [0.29, 0.717) is 32.0 Å². The Kier molecular flexibility index (Phi) is 4.85. The van der Waals surface area contributed by atoms with Crippen molar-refractivity contribution >= 4 is 11.8 Å². The Balaban J connectivity index is 1.84. The quantitative estimate of drug-likeness (QED) is 0.817. The van der Waals surface area contributed by atoms with Crippen molar-refractivity contribution in [3.63, 3.8) is 0 Å². The normalized spacial score (nSPS) is 25.6. The van der Waals surface area contributed by atoms with Gasteiger partial charge in [-0.2, -0.15) is 0 Å². The van der Waals surface area contributed by atoms with Crippen molar-refractivity contribution in [2.75, 3.05) is 26.3 Å². The molecule has 1 saturated heterocycles. The molecule has 7 heteroatoms. The van der Waals surface area contributed by atoms with Crippen molar-refractivity contribution in [1.29, 1.82) is 0 Å². The number of hydrogen-bond donors (Lipinski definition) is 1. The zero-order valence-corrected chi connectivity index (χ0v) is 13.3. The van der Waals surface area contributed by atoms with Crippen molar-refractivity contribution in [2.45, 2.75) is 32.2 Å². The van der Waals surface area contributed by atoms with Crippen LogP contribution in [0.3, 0.4) is 0 Å². The van der Waals surface area contributed by atoms with Crippen LogP contribution in [-0.2, 0) is 9.53 Å². The smallest absolute Gasteiger partial charge is 0.274 e. The Morgan fingerprint density at radius 2 is 2.17 bits per heavy atom. The van der Waals surface area contributed by atoms with E-state index < -0.39 is 0 Å². The van der Waals surface area contributed by atoms with E-state index in [1.54, 1.807) is 11.1 Å². The van der Waals surface area contributed by atoms with Gasteiger partial charge in [0.15, 0.2) is 0 Å². The molecule has 1 N–H and O–H groups in total. The maximum atomic E-state index is 12.9. The molecule has 1 aliphatic heterocycles. The van der Waals surface area contributed by atoms with Gasteiger partial charge in [0.25, 0.3) is 5.91 Å². The molecule has 0 bridgehead atoms. The molecule has 1 aromatic heterocycles. The third-order valence-corrected chi connectivity index (χ3v) is 4.50. The summed E-state index contributed by atoms with van der Waals surface area (Å²) in [5, 5.41) is 2.90. The van der Waals surface area contributed by atoms with E-state index in [1.807, 2.05) is 6.92 Å². The first-order valence-corrected chi connectivity index (χ1v) is 8.12. The molecule has 0 unspecified atom stereocenters. The molecule has 3 rings (SSSR count). The Bertz CT molecular complexity index is 575. The van der Waals surface area contributed by atoms with Crippen molar-refractivity contribution in [1.82, 2.24) is 20.2 Å². The fourth-order valence-corrected chi connectivity index (χ4v) is 3.33. The van der Waals surface area contributed by atoms with Gasteiger partial charge in [-0.05, 0) is 19.8 Å². The minimum atomic E-state index is -0.175. The highest BCUT2D eigenvalue weighted by molar-refractivity contribution is 5.93. The Morgan fingerprint density at radius 3 is 2.96 bits per heavy atom. The summed E-state index contributed by atoms with van der Waals surface area (Å²) in [6, 6.07) is -0.0905. The number of aryl methyl sites for hydroxylation is 1. The molecule has 2 fully saturated rings. The Labute approximate surface area is 135 Å². The van der Waals surface area contributed by atoms with Crippen LogP contribution in [0.5, 0.6) is 0 Å². The Hall–Kier alpha value is -2.02. The number of carbonyl (C=O) groups is 2. The third kappa shape index (κ3) is 3.50. The maximum Gasteiger partial charge on any atom is 0.274 e. The number of fused-ring (bicyclic) bond motifs is 1. The van der Waals surface area contributed by atoms with E-state index in [0.717, 1.165) is 25.0 Å². The zero-order chi connectivity index (χ0) is 16.2. The predicted octanol–water partition coefficient (Wildman–Crippen LogP) is 0.542. The lowest BCUT2D eigenvalue weighted by Crippen LogP contribution is -2.49. The molecule has 2 heterocycles. The molecule has 0 radical (unpaired) electrons. The van der Waals surface area contributed by atoms with Crippen LogP contribution in [0, 0.1) is 12.8 Å². The van der Waals surface area contributed by atoms with Crippen LogP contribution in [0.2, 0.25) is 0 Å². The molecule has 1 aromatic rings. The van der Waals surface area contributed by atoms with Crippen LogP contribution in [-0.4, -0.2) is 59.0 Å². The van der Waals surface area contributed by atoms with Gasteiger partial charge in [0.1, 0.15) is 5.69 Å². The van der Waals surface area contributed by atoms with E-state index >= 15 is 0 Å². The first-order chi connectivity index (χ1) is 11.2. The first kappa shape index (κ1) is 15.9. The van der Waals surface area contributed by atoms with Crippen LogP contribution in [0.15, 0.2) is 12.4 Å². The maximum absolute atomic E-state index is 12.9. The average Bonchev–Trinajstić information content (AvgIpc) is 3.03. The summed E-state index contributed by atoms with van der Waals surface area (Å²) in [5.41, 5.74) is 1.09. The van der Waals surface area contributed by atoms with E-state index in [2.05, 4.69) is 15.3 Å². The molecule has 0 spiro atoms. The SMILES string of the molecule is Cc1cnc(C(=O)N2CCOCCNC(=O)[C@@H]3CCC[C@@H]32)cn1. The van der Waals surface area contributed by atoms with Gasteiger partial charge in [-0.25, -0.2) is 4.98 Å². The predicted molar refractivity (Wildman–Crippen MR) is 82.8 cm³/mol. The van der Waals surface area contributed by atoms with Crippen LogP contribution >= 0.6 is 0 Å². The van der Waals surface area contributed by atoms with Crippen molar-refractivity contribution in [3.05, 3.63) is 23.8 Å². The average molecular weight is 318 g/mol. The molecule has 2 amide bonds. The molecule has 0 aromatic carbocycles. The topological polar surface area (TPSA) is 84.4 Å². The van der Waals surface area contributed by atoms with Crippen molar-refractivity contribution in [2.24, 2.45) is 5.92 Å². The highest BCUT2D eigenvalue weighted by Gasteiger charge is 2.39. The largest absolute Gasteiger partial charge is 0.378 e. The minimum Gasteiger partial charge on any atom is -0.378 e. The zero-order valence-electron chi connectivity index (χ0n) is 13.3. The summed E-state index contributed by atoms with van der Waals surface area (Å²) in [6.07, 6.45) is 5.70. The summed E-state index contributed by atoms with van der Waals surface area (Å²) < 4.78 is 5.50. The molecule has 124 valence electrons. The number of ether oxygens (including phenoxy) is 1. The second-order valence-corrected chi connectivity index (χ2v) is 6.05. The van der Waals surface area contributed by atoms with Crippen LogP contribution in [0.4, 0.5) is 0 Å². The standard InChI is InChI=1S/C16H22N4O3/c1-11-9-19-13(10-18-11)16(22)20-6-8-23-7-5-17-15(21)12-3-2-4-14(12)20/h9-10,12,14H,2-8H2,1H3,(H,17,21)/t12-,14+/m1/s1. The van der Waals surface area contributed by atoms with Gasteiger partial charge in [0.2, 0.25) is 5.91 Å². The van der Waals surface area contributed by atoms with E-state index in [-0.39, 0.29) is 23.8 Å². The van der Waals surface area contributed by atoms with Gasteiger partial charge in [0.05, 0.1) is 31.0 Å². The summed E-state index contributed by atoms with van der Waals surface area (Å²) in [5.74, 6) is -0.298. The number of aromatic nitrogens is 2. The van der Waals surface area contributed by atoms with Crippen molar-refractivity contribution in [3.8, 4) is 0 Å². The van der Waals surface area contributed by atoms with Gasteiger partial charge in [-0.1, -0.05) is 6.42 Å². The van der Waals surface area contributed by atoms with Crippen LogP contribution < -0.4 is 5.32 Å². The number of hydrogen-bond acceptors (Lipinski definition) is 5. The summed E-state index contributed by atoms with van der Waals surface area (Å²) in [4.78, 5) is 35.3. The number of amides is 2. The lowest BCUT2D eigenvalue weighted by atomic mass is 10.0. The van der Waals surface area contributed by atoms with Crippen molar-refractivity contribution < 1.29 is 14.3 Å². The minimum absolute atomic E-state index is 0.0193. The number of nitrogens with zero attached hydrogens (tertiary/aromatic N) is 3. The van der Waals surface area contributed by atoms with Crippen LogP contribution in [0.25, 0.3) is 0 Å². The monoisotopic (exact) mass is 318 g/mol. The molecular weight excluding hydrogens is 296 g/mol. The second-order valence-electron chi connectivity index (χ2n) is 6.05. The molecule has 1 aliphatic carbocycles. The summed E-state index contributed by atoms with van der Waals surface area (Å²) in [6.45, 7) is 3.76. The lowest BCUT2D eigenvalue weighted by Gasteiger charge is -2.33. The fourth-order valence-electron chi connectivity index (χ4n) is 3.33. The molecule has 1 saturated carbocycles. The molecule has 23 heavy (non-hydrogen) atoms. The number of nitrogens with one attached hydrogen (secondary N) is 1. The van der Waals surface area contributed by atoms with E-state index in [4.69, 9.17) is 4.74 Å². The molecule has 7 nitrogen and oxygen atoms in total. The van der Waals surface area contributed by atoms with Gasteiger partial charge < -0.3 is 15.0 Å². The van der Waals surface area contributed by atoms with E-state index in [9.17, 15) is 9.59 Å². The van der Waals surface area contributed by atoms with E-state index in [1.165, 1.54) is 6.20 Å². The molecule has 2 atom stereocenters. The first-order valence-electron chi connectivity index (χ1n) is 8.12. The molecular formula is C16H22N4O3. The highest BCUT2D eigenvalue weighted by Crippen LogP contribution is 2.31. The van der Waals surface area contributed by atoms with Gasteiger partial charge in [0, 0.05) is 25.3 Å². The second kappa shape index (κ2) is 7.04. The van der Waals surface area contributed by atoms with Gasteiger partial charge in [-0.3, -0.25) is 14.6 Å². The highest BCUT2D eigenvalue weighted by atomic mass is 16.5. The number of rotatable bonds is 1. The van der Waals surface area contributed by atoms with Crippen LogP contribution in [0.1, 0.15) is 35.4 Å². The number of carbonyl (C=O) groups excluding carboxylic acids is 2. The summed E-state index contributed by atoms with van der Waals surface area (Å²) >= 11 is 0. The van der Waals surface area contributed by atoms with Gasteiger partial charge in [-0.15, -0.1) is 0 Å². The fraction of sp³-hybridized carbons (Fsp3) is 0.625. The molecule has 2 aliphatic rings. The Morgan fingerprint density at radius 1 is 1.30 bits per heavy atom. The summed E-state index contributed by atoms with van der Waals surface area (Å²) in [7, 11) is 0. The third-order valence-electron chi connectivity index (χ3n) is 4.50. The lowest BCUT2D eigenvalue weighted by molar-refractivity contribution is -0.127. The van der Waals surface area contributed by atoms with Gasteiger partial charge >= 0.3 is 0 Å².